The number of benzene rings is 2. The number of nitrogens with zero attached hydrogens (tertiary/aromatic N) is 1. The van der Waals surface area contributed by atoms with Crippen LogP contribution in [0.2, 0.25) is 0 Å². The van der Waals surface area contributed by atoms with Crippen molar-refractivity contribution >= 4 is 11.5 Å². The van der Waals surface area contributed by atoms with Crippen molar-refractivity contribution in [3.63, 3.8) is 0 Å². The normalized spacial score (nSPS) is 11.5. The standard InChI is InChI=1S/C13H10F2N2/c14-10-6-11(15)8-12(7-10)17-13(16)9-4-2-1-3-5-9/h1-8H,(H2,16,17). The van der Waals surface area contributed by atoms with Crippen LogP contribution >= 0.6 is 0 Å². The van der Waals surface area contributed by atoms with Gasteiger partial charge in [-0.05, 0) is 12.1 Å². The second kappa shape index (κ2) is 4.74. The number of nitrogens with two attached hydrogens (primary N) is 1. The van der Waals surface area contributed by atoms with Crippen LogP contribution < -0.4 is 5.73 Å². The lowest BCUT2D eigenvalue weighted by atomic mass is 10.2. The van der Waals surface area contributed by atoms with Gasteiger partial charge in [-0.2, -0.15) is 0 Å². The molecule has 17 heavy (non-hydrogen) atoms. The van der Waals surface area contributed by atoms with Gasteiger partial charge in [-0.1, -0.05) is 30.3 Å². The molecule has 0 saturated heterocycles. The first kappa shape index (κ1) is 11.3. The Morgan fingerprint density at radius 2 is 1.53 bits per heavy atom. The van der Waals surface area contributed by atoms with Gasteiger partial charge in [0.15, 0.2) is 0 Å². The molecule has 0 atom stereocenters. The second-order valence-electron chi connectivity index (χ2n) is 3.49. The fraction of sp³-hybridized carbons (Fsp3) is 0. The summed E-state index contributed by atoms with van der Waals surface area (Å²) >= 11 is 0. The van der Waals surface area contributed by atoms with Crippen molar-refractivity contribution in [1.82, 2.24) is 0 Å². The molecule has 0 fully saturated rings. The fourth-order valence-electron chi connectivity index (χ4n) is 1.42. The smallest absolute Gasteiger partial charge is 0.131 e. The van der Waals surface area contributed by atoms with Gasteiger partial charge < -0.3 is 5.73 Å². The zero-order valence-electron chi connectivity index (χ0n) is 8.90. The van der Waals surface area contributed by atoms with Crippen molar-refractivity contribution in [3.8, 4) is 0 Å². The van der Waals surface area contributed by atoms with Crippen LogP contribution in [0.3, 0.4) is 0 Å². The zero-order chi connectivity index (χ0) is 12.3. The van der Waals surface area contributed by atoms with Crippen molar-refractivity contribution in [1.29, 1.82) is 0 Å². The molecule has 2 aromatic carbocycles. The number of rotatable bonds is 2. The van der Waals surface area contributed by atoms with E-state index in [1.807, 2.05) is 18.2 Å². The number of hydrogen-bond donors (Lipinski definition) is 1. The molecule has 0 aliphatic carbocycles. The second-order valence-corrected chi connectivity index (χ2v) is 3.49. The van der Waals surface area contributed by atoms with Gasteiger partial charge in [0.1, 0.15) is 17.5 Å². The first-order chi connectivity index (χ1) is 8.15. The Bertz CT molecular complexity index is 530. The molecule has 0 saturated carbocycles. The molecule has 86 valence electrons. The van der Waals surface area contributed by atoms with Crippen LogP contribution in [0.1, 0.15) is 5.56 Å². The predicted octanol–water partition coefficient (Wildman–Crippen LogP) is 3.00. The van der Waals surface area contributed by atoms with Crippen LogP contribution in [0.5, 0.6) is 0 Å². The molecule has 0 unspecified atom stereocenters. The average molecular weight is 232 g/mol. The highest BCUT2D eigenvalue weighted by Crippen LogP contribution is 2.16. The molecule has 2 aromatic rings. The Kier molecular flexibility index (Phi) is 3.14. The molecule has 4 heteroatoms. The lowest BCUT2D eigenvalue weighted by Gasteiger charge is -2.01. The maximum absolute atomic E-state index is 12.9. The van der Waals surface area contributed by atoms with Crippen LogP contribution in [-0.4, -0.2) is 5.84 Å². The Morgan fingerprint density at radius 1 is 0.941 bits per heavy atom. The van der Waals surface area contributed by atoms with E-state index in [4.69, 9.17) is 5.73 Å². The summed E-state index contributed by atoms with van der Waals surface area (Å²) in [5.41, 5.74) is 6.59. The third-order valence-corrected chi connectivity index (χ3v) is 2.17. The van der Waals surface area contributed by atoms with Crippen molar-refractivity contribution in [3.05, 3.63) is 65.7 Å². The maximum atomic E-state index is 12.9. The van der Waals surface area contributed by atoms with Gasteiger partial charge >= 0.3 is 0 Å². The van der Waals surface area contributed by atoms with Crippen LogP contribution in [-0.2, 0) is 0 Å². The summed E-state index contributed by atoms with van der Waals surface area (Å²) in [6.07, 6.45) is 0. The minimum atomic E-state index is -0.676. The topological polar surface area (TPSA) is 38.4 Å². The molecule has 0 aliphatic rings. The number of aliphatic imine (C=N–C) groups is 1. The number of halogens is 2. The average Bonchev–Trinajstić information content (AvgIpc) is 2.28. The van der Waals surface area contributed by atoms with Crippen LogP contribution in [0.15, 0.2) is 53.5 Å². The number of hydrogen-bond acceptors (Lipinski definition) is 1. The third-order valence-electron chi connectivity index (χ3n) is 2.17. The van der Waals surface area contributed by atoms with Crippen LogP contribution in [0, 0.1) is 11.6 Å². The summed E-state index contributed by atoms with van der Waals surface area (Å²) < 4.78 is 25.9. The molecule has 2 rings (SSSR count). The predicted molar refractivity (Wildman–Crippen MR) is 63.2 cm³/mol. The fourth-order valence-corrected chi connectivity index (χ4v) is 1.42. The number of amidine groups is 1. The van der Waals surface area contributed by atoms with Crippen molar-refractivity contribution in [2.75, 3.05) is 0 Å². The lowest BCUT2D eigenvalue weighted by molar-refractivity contribution is 0.584. The van der Waals surface area contributed by atoms with Crippen LogP contribution in [0.25, 0.3) is 0 Å². The Balaban J connectivity index is 2.36. The largest absolute Gasteiger partial charge is 0.383 e. The van der Waals surface area contributed by atoms with E-state index in [2.05, 4.69) is 4.99 Å². The lowest BCUT2D eigenvalue weighted by Crippen LogP contribution is -2.12. The quantitative estimate of drug-likeness (QED) is 0.627. The van der Waals surface area contributed by atoms with E-state index in [9.17, 15) is 8.78 Å². The van der Waals surface area contributed by atoms with E-state index in [0.717, 1.165) is 18.2 Å². The summed E-state index contributed by atoms with van der Waals surface area (Å²) in [4.78, 5) is 3.97. The molecule has 0 spiro atoms. The van der Waals surface area contributed by atoms with Gasteiger partial charge in [-0.15, -0.1) is 0 Å². The van der Waals surface area contributed by atoms with E-state index in [1.165, 1.54) is 0 Å². The summed E-state index contributed by atoms with van der Waals surface area (Å²) in [6, 6.07) is 12.0. The highest BCUT2D eigenvalue weighted by molar-refractivity contribution is 5.98. The van der Waals surface area contributed by atoms with Crippen molar-refractivity contribution < 1.29 is 8.78 Å². The van der Waals surface area contributed by atoms with E-state index in [-0.39, 0.29) is 11.5 Å². The molecular weight excluding hydrogens is 222 g/mol. The SMILES string of the molecule is NC(=Nc1cc(F)cc(F)c1)c1ccccc1. The minimum Gasteiger partial charge on any atom is -0.383 e. The van der Waals surface area contributed by atoms with Gasteiger partial charge in [0, 0.05) is 11.6 Å². The summed E-state index contributed by atoms with van der Waals surface area (Å²) in [6.45, 7) is 0. The first-order valence-corrected chi connectivity index (χ1v) is 5.01. The molecular formula is C13H10F2N2. The van der Waals surface area contributed by atoms with Gasteiger partial charge in [0.05, 0.1) is 5.69 Å². The molecule has 0 aliphatic heterocycles. The van der Waals surface area contributed by atoms with Gasteiger partial charge in [0.25, 0.3) is 0 Å². The zero-order valence-corrected chi connectivity index (χ0v) is 8.90. The molecule has 2 nitrogen and oxygen atoms in total. The van der Waals surface area contributed by atoms with E-state index in [0.29, 0.717) is 5.56 Å². The first-order valence-electron chi connectivity index (χ1n) is 5.01. The molecule has 0 radical (unpaired) electrons. The highest BCUT2D eigenvalue weighted by atomic mass is 19.1. The van der Waals surface area contributed by atoms with Gasteiger partial charge in [0.2, 0.25) is 0 Å². The van der Waals surface area contributed by atoms with Gasteiger partial charge in [-0.3, -0.25) is 0 Å². The van der Waals surface area contributed by atoms with Gasteiger partial charge in [-0.25, -0.2) is 13.8 Å². The van der Waals surface area contributed by atoms with E-state index >= 15 is 0 Å². The summed E-state index contributed by atoms with van der Waals surface area (Å²) in [5.74, 6) is -1.13. The molecule has 0 heterocycles. The highest BCUT2D eigenvalue weighted by Gasteiger charge is 2.01. The van der Waals surface area contributed by atoms with Crippen molar-refractivity contribution in [2.24, 2.45) is 10.7 Å². The monoisotopic (exact) mass is 232 g/mol. The summed E-state index contributed by atoms with van der Waals surface area (Å²) in [7, 11) is 0. The molecule has 0 amide bonds. The molecule has 0 aromatic heterocycles. The molecule has 0 bridgehead atoms. The Morgan fingerprint density at radius 3 is 2.12 bits per heavy atom. The van der Waals surface area contributed by atoms with Crippen molar-refractivity contribution in [2.45, 2.75) is 0 Å². The Labute approximate surface area is 97.4 Å². The minimum absolute atomic E-state index is 0.156. The molecule has 2 N–H and O–H groups in total. The van der Waals surface area contributed by atoms with E-state index < -0.39 is 11.6 Å². The third kappa shape index (κ3) is 2.87. The maximum Gasteiger partial charge on any atom is 0.131 e. The van der Waals surface area contributed by atoms with Crippen LogP contribution in [0.4, 0.5) is 14.5 Å². The summed E-state index contributed by atoms with van der Waals surface area (Å²) in [5, 5.41) is 0. The Hall–Kier alpha value is -2.23. The van der Waals surface area contributed by atoms with E-state index in [1.54, 1.807) is 12.1 Å².